The van der Waals surface area contributed by atoms with Gasteiger partial charge in [0, 0.05) is 25.3 Å². The Balaban J connectivity index is 2.42. The first-order chi connectivity index (χ1) is 8.65. The van der Waals surface area contributed by atoms with Crippen molar-refractivity contribution in [2.75, 3.05) is 24.5 Å². The Kier molecular flexibility index (Phi) is 3.47. The van der Waals surface area contributed by atoms with Crippen LogP contribution in [0.3, 0.4) is 0 Å². The summed E-state index contributed by atoms with van der Waals surface area (Å²) < 4.78 is 0. The molecule has 1 aliphatic heterocycles. The molecule has 0 bridgehead atoms. The first-order valence-corrected chi connectivity index (χ1v) is 5.72. The van der Waals surface area contributed by atoms with E-state index in [1.807, 2.05) is 0 Å². The Morgan fingerprint density at radius 3 is 2.78 bits per heavy atom. The number of anilines is 1. The number of carboxylic acid groups (broad SMARTS) is 1. The van der Waals surface area contributed by atoms with Gasteiger partial charge in [0.05, 0.1) is 5.92 Å². The summed E-state index contributed by atoms with van der Waals surface area (Å²) >= 11 is 0. The summed E-state index contributed by atoms with van der Waals surface area (Å²) in [6.07, 6.45) is 0. The topological polar surface area (TPSA) is 95.7 Å². The summed E-state index contributed by atoms with van der Waals surface area (Å²) in [6.45, 7) is 1.10. The highest BCUT2D eigenvalue weighted by molar-refractivity contribution is 5.96. The third-order valence-electron chi connectivity index (χ3n) is 2.99. The van der Waals surface area contributed by atoms with Gasteiger partial charge in [0.2, 0.25) is 0 Å². The minimum Gasteiger partial charge on any atom is -0.481 e. The number of nitrogens with two attached hydrogens (primary N) is 1. The lowest BCUT2D eigenvalue weighted by Gasteiger charge is -2.21. The number of nitrogens with zero attached hydrogens (tertiary/aromatic N) is 1. The van der Waals surface area contributed by atoms with Crippen molar-refractivity contribution in [2.45, 2.75) is 5.92 Å². The molecule has 96 valence electrons. The zero-order valence-corrected chi connectivity index (χ0v) is 9.80. The molecular formula is C12H15N3O3. The molecule has 0 aromatic heterocycles. The predicted molar refractivity (Wildman–Crippen MR) is 66.6 cm³/mol. The van der Waals surface area contributed by atoms with Crippen molar-refractivity contribution in [3.63, 3.8) is 0 Å². The van der Waals surface area contributed by atoms with Crippen LogP contribution in [0, 0.1) is 0 Å². The monoisotopic (exact) mass is 249 g/mol. The van der Waals surface area contributed by atoms with E-state index in [0.29, 0.717) is 24.3 Å². The lowest BCUT2D eigenvalue weighted by molar-refractivity contribution is -0.138. The van der Waals surface area contributed by atoms with Crippen LogP contribution in [-0.2, 0) is 4.79 Å². The number of carbonyl (C=O) groups is 2. The Morgan fingerprint density at radius 2 is 2.22 bits per heavy atom. The Morgan fingerprint density at radius 1 is 1.50 bits per heavy atom. The van der Waals surface area contributed by atoms with E-state index in [0.717, 1.165) is 0 Å². The van der Waals surface area contributed by atoms with Crippen LogP contribution >= 0.6 is 0 Å². The first-order valence-electron chi connectivity index (χ1n) is 5.72. The number of carbonyl (C=O) groups excluding carboxylic acids is 1. The number of hydrogen-bond donors (Lipinski definition) is 3. The largest absolute Gasteiger partial charge is 0.481 e. The lowest BCUT2D eigenvalue weighted by atomic mass is 9.97. The van der Waals surface area contributed by atoms with E-state index in [-0.39, 0.29) is 12.6 Å². The van der Waals surface area contributed by atoms with E-state index in [1.54, 1.807) is 29.2 Å². The Bertz CT molecular complexity index is 454. The summed E-state index contributed by atoms with van der Waals surface area (Å²) in [5.74, 6) is -1.78. The van der Waals surface area contributed by atoms with Crippen LogP contribution in [-0.4, -0.2) is 36.7 Å². The van der Waals surface area contributed by atoms with E-state index in [1.165, 1.54) is 0 Å². The molecule has 1 unspecified atom stereocenters. The maximum Gasteiger partial charge on any atom is 0.322 e. The Labute approximate surface area is 104 Å². The number of benzene rings is 1. The molecule has 0 saturated carbocycles. The minimum atomic E-state index is -0.982. The second-order valence-corrected chi connectivity index (χ2v) is 4.07. The van der Waals surface area contributed by atoms with Gasteiger partial charge in [-0.05, 0) is 11.6 Å². The van der Waals surface area contributed by atoms with Crippen LogP contribution < -0.4 is 16.0 Å². The molecule has 0 radical (unpaired) electrons. The summed E-state index contributed by atoms with van der Waals surface area (Å²) in [4.78, 5) is 24.4. The molecule has 1 aromatic rings. The van der Waals surface area contributed by atoms with Crippen LogP contribution in [0.1, 0.15) is 11.5 Å². The summed E-state index contributed by atoms with van der Waals surface area (Å²) in [5.41, 5.74) is 6.70. The zero-order valence-electron chi connectivity index (χ0n) is 9.80. The molecule has 6 nitrogen and oxygen atoms in total. The van der Waals surface area contributed by atoms with Gasteiger partial charge in [-0.25, -0.2) is 4.79 Å². The van der Waals surface area contributed by atoms with Gasteiger partial charge in [0.15, 0.2) is 0 Å². The average Bonchev–Trinajstić information content (AvgIpc) is 2.76. The smallest absolute Gasteiger partial charge is 0.322 e. The third kappa shape index (κ3) is 2.14. The lowest BCUT2D eigenvalue weighted by Crippen LogP contribution is -2.30. The van der Waals surface area contributed by atoms with Gasteiger partial charge in [-0.15, -0.1) is 0 Å². The van der Waals surface area contributed by atoms with Crippen molar-refractivity contribution in [1.82, 2.24) is 5.32 Å². The SMILES string of the molecule is NCC(C(=O)O)c1ccccc1N1CCNC1=O. The van der Waals surface area contributed by atoms with Gasteiger partial charge in [0.1, 0.15) is 0 Å². The van der Waals surface area contributed by atoms with E-state index < -0.39 is 11.9 Å². The molecule has 1 atom stereocenters. The third-order valence-corrected chi connectivity index (χ3v) is 2.99. The Hall–Kier alpha value is -2.08. The van der Waals surface area contributed by atoms with Crippen LogP contribution in [0.5, 0.6) is 0 Å². The molecule has 4 N–H and O–H groups in total. The van der Waals surface area contributed by atoms with Crippen LogP contribution in [0.2, 0.25) is 0 Å². The zero-order chi connectivity index (χ0) is 13.1. The number of rotatable bonds is 4. The van der Waals surface area contributed by atoms with E-state index in [2.05, 4.69) is 5.32 Å². The van der Waals surface area contributed by atoms with Crippen LogP contribution in [0.4, 0.5) is 10.5 Å². The normalized spacial score (nSPS) is 16.5. The van der Waals surface area contributed by atoms with Crippen LogP contribution in [0.15, 0.2) is 24.3 Å². The van der Waals surface area contributed by atoms with Crippen molar-refractivity contribution < 1.29 is 14.7 Å². The van der Waals surface area contributed by atoms with Gasteiger partial charge < -0.3 is 16.2 Å². The van der Waals surface area contributed by atoms with Crippen molar-refractivity contribution in [3.05, 3.63) is 29.8 Å². The standard InChI is InChI=1S/C12H15N3O3/c13-7-9(11(16)17)8-3-1-2-4-10(8)15-6-5-14-12(15)18/h1-4,9H,5-7,13H2,(H,14,18)(H,16,17). The molecule has 1 heterocycles. The van der Waals surface area contributed by atoms with E-state index in [9.17, 15) is 9.59 Å². The molecule has 1 aromatic carbocycles. The molecule has 18 heavy (non-hydrogen) atoms. The molecule has 6 heteroatoms. The summed E-state index contributed by atoms with van der Waals surface area (Å²) in [6, 6.07) is 6.76. The fraction of sp³-hybridized carbons (Fsp3) is 0.333. The van der Waals surface area contributed by atoms with E-state index >= 15 is 0 Å². The molecule has 1 saturated heterocycles. The van der Waals surface area contributed by atoms with Gasteiger partial charge >= 0.3 is 12.0 Å². The second kappa shape index (κ2) is 5.05. The fourth-order valence-electron chi connectivity index (χ4n) is 2.09. The number of carboxylic acids is 1. The molecule has 2 rings (SSSR count). The van der Waals surface area contributed by atoms with Gasteiger partial charge in [-0.2, -0.15) is 0 Å². The highest BCUT2D eigenvalue weighted by Crippen LogP contribution is 2.28. The summed E-state index contributed by atoms with van der Waals surface area (Å²) in [7, 11) is 0. The number of nitrogens with one attached hydrogen (secondary N) is 1. The van der Waals surface area contributed by atoms with Crippen molar-refractivity contribution in [1.29, 1.82) is 0 Å². The number of aliphatic carboxylic acids is 1. The first kappa shape index (κ1) is 12.4. The predicted octanol–water partition coefficient (Wildman–Crippen LogP) is 0.343. The van der Waals surface area contributed by atoms with Gasteiger partial charge in [-0.1, -0.05) is 18.2 Å². The fourth-order valence-corrected chi connectivity index (χ4v) is 2.09. The highest BCUT2D eigenvalue weighted by Gasteiger charge is 2.28. The average molecular weight is 249 g/mol. The minimum absolute atomic E-state index is 0.00179. The number of urea groups is 1. The molecule has 0 spiro atoms. The second-order valence-electron chi connectivity index (χ2n) is 4.07. The van der Waals surface area contributed by atoms with Crippen LogP contribution in [0.25, 0.3) is 0 Å². The summed E-state index contributed by atoms with van der Waals surface area (Å²) in [5, 5.41) is 11.9. The quantitative estimate of drug-likeness (QED) is 0.717. The maximum absolute atomic E-state index is 11.6. The molecule has 2 amide bonds. The van der Waals surface area contributed by atoms with E-state index in [4.69, 9.17) is 10.8 Å². The number of amides is 2. The van der Waals surface area contributed by atoms with Crippen molar-refractivity contribution >= 4 is 17.7 Å². The van der Waals surface area contributed by atoms with Crippen molar-refractivity contribution in [3.8, 4) is 0 Å². The van der Waals surface area contributed by atoms with Gasteiger partial charge in [0.25, 0.3) is 0 Å². The van der Waals surface area contributed by atoms with Crippen molar-refractivity contribution in [2.24, 2.45) is 5.73 Å². The molecule has 0 aliphatic carbocycles. The molecular weight excluding hydrogens is 234 g/mol. The number of hydrogen-bond acceptors (Lipinski definition) is 3. The van der Waals surface area contributed by atoms with Gasteiger partial charge in [-0.3, -0.25) is 9.69 Å². The molecule has 1 fully saturated rings. The maximum atomic E-state index is 11.6. The number of para-hydroxylation sites is 1. The molecule has 1 aliphatic rings. The highest BCUT2D eigenvalue weighted by atomic mass is 16.4.